The fourth-order valence-corrected chi connectivity index (χ4v) is 2.00. The molecule has 0 atom stereocenters. The zero-order valence-corrected chi connectivity index (χ0v) is 14.2. The van der Waals surface area contributed by atoms with Crippen LogP contribution in [0.25, 0.3) is 0 Å². The molecule has 0 unspecified atom stereocenters. The van der Waals surface area contributed by atoms with Gasteiger partial charge in [-0.25, -0.2) is 9.97 Å². The molecule has 2 N–H and O–H groups in total. The van der Waals surface area contributed by atoms with Gasteiger partial charge in [-0.1, -0.05) is 20.8 Å². The van der Waals surface area contributed by atoms with E-state index in [1.165, 1.54) is 0 Å². The molecule has 0 radical (unpaired) electrons. The Morgan fingerprint density at radius 3 is 2.38 bits per heavy atom. The zero-order chi connectivity index (χ0) is 16.2. The molecule has 0 aliphatic rings. The van der Waals surface area contributed by atoms with Gasteiger partial charge in [0.2, 0.25) is 5.91 Å². The Labute approximate surface area is 127 Å². The monoisotopic (exact) mass is 293 g/mol. The fraction of sp³-hybridized carbons (Fsp3) is 0.667. The maximum atomic E-state index is 11.8. The van der Waals surface area contributed by atoms with Crippen LogP contribution in [0.3, 0.4) is 0 Å². The lowest BCUT2D eigenvalue weighted by Gasteiger charge is -2.25. The molecule has 0 saturated carbocycles. The van der Waals surface area contributed by atoms with Crippen molar-refractivity contribution in [2.45, 2.75) is 40.0 Å². The summed E-state index contributed by atoms with van der Waals surface area (Å²) in [5, 5.41) is 5.90. The molecule has 0 aromatic carbocycles. The van der Waals surface area contributed by atoms with Crippen LogP contribution in [-0.4, -0.2) is 43.1 Å². The molecule has 6 nitrogen and oxygen atoms in total. The molecule has 1 aromatic heterocycles. The molecule has 1 heterocycles. The van der Waals surface area contributed by atoms with Gasteiger partial charge < -0.3 is 15.5 Å². The molecule has 0 bridgehead atoms. The summed E-state index contributed by atoms with van der Waals surface area (Å²) in [5.74, 6) is 2.33. The minimum atomic E-state index is -0.152. The molecule has 0 fully saturated rings. The number of carbonyl (C=O) groups is 1. The van der Waals surface area contributed by atoms with Crippen molar-refractivity contribution in [3.05, 3.63) is 11.4 Å². The quantitative estimate of drug-likeness (QED) is 0.864. The van der Waals surface area contributed by atoms with Gasteiger partial charge in [0.05, 0.1) is 6.54 Å². The van der Waals surface area contributed by atoms with Crippen molar-refractivity contribution >= 4 is 17.5 Å². The Morgan fingerprint density at radius 1 is 1.29 bits per heavy atom. The van der Waals surface area contributed by atoms with Crippen LogP contribution in [0.15, 0.2) is 0 Å². The first kappa shape index (κ1) is 17.2. The molecule has 0 aliphatic heterocycles. The van der Waals surface area contributed by atoms with E-state index in [0.717, 1.165) is 23.0 Å². The summed E-state index contributed by atoms with van der Waals surface area (Å²) >= 11 is 0. The third-order valence-electron chi connectivity index (χ3n) is 3.14. The van der Waals surface area contributed by atoms with E-state index >= 15 is 0 Å². The van der Waals surface area contributed by atoms with E-state index in [1.54, 1.807) is 0 Å². The normalized spacial score (nSPS) is 11.2. The third-order valence-corrected chi connectivity index (χ3v) is 3.14. The average molecular weight is 293 g/mol. The van der Waals surface area contributed by atoms with E-state index in [0.29, 0.717) is 6.54 Å². The predicted octanol–water partition coefficient (Wildman–Crippen LogP) is 1.70. The molecule has 0 saturated heterocycles. The van der Waals surface area contributed by atoms with Gasteiger partial charge in [0.25, 0.3) is 0 Å². The highest BCUT2D eigenvalue weighted by Crippen LogP contribution is 2.27. The Balaban J connectivity index is 3.18. The number of hydrogen-bond acceptors (Lipinski definition) is 5. The van der Waals surface area contributed by atoms with Crippen LogP contribution in [0.4, 0.5) is 11.6 Å². The van der Waals surface area contributed by atoms with Crippen LogP contribution in [0, 0.1) is 6.92 Å². The summed E-state index contributed by atoms with van der Waals surface area (Å²) in [6, 6.07) is 0. The first-order valence-corrected chi connectivity index (χ1v) is 7.25. The van der Waals surface area contributed by atoms with Gasteiger partial charge >= 0.3 is 0 Å². The number of hydrogen-bond donors (Lipinski definition) is 2. The summed E-state index contributed by atoms with van der Waals surface area (Å²) in [4.78, 5) is 22.9. The largest absolute Gasteiger partial charge is 0.373 e. The van der Waals surface area contributed by atoms with Crippen LogP contribution >= 0.6 is 0 Å². The summed E-state index contributed by atoms with van der Waals surface area (Å²) in [6.07, 6.45) is 0. The molecule has 6 heteroatoms. The van der Waals surface area contributed by atoms with Crippen LogP contribution in [0.5, 0.6) is 0 Å². The van der Waals surface area contributed by atoms with Crippen LogP contribution < -0.4 is 15.5 Å². The maximum Gasteiger partial charge on any atom is 0.239 e. The number of likely N-dealkylation sites (N-methyl/N-ethyl adjacent to an activating group) is 2. The standard InChI is InChI=1S/C15H27N5O/c1-8-17-11(21)9-20(7)13-10(2)12(16-6)18-14(19-13)15(3,4)5/h8-9H2,1-7H3,(H,17,21)(H,16,18,19). The Hall–Kier alpha value is -1.85. The van der Waals surface area contributed by atoms with Crippen LogP contribution in [-0.2, 0) is 10.2 Å². The molecule has 21 heavy (non-hydrogen) atoms. The van der Waals surface area contributed by atoms with Gasteiger partial charge in [-0.05, 0) is 13.8 Å². The van der Waals surface area contributed by atoms with Gasteiger partial charge in [0.15, 0.2) is 0 Å². The fourth-order valence-electron chi connectivity index (χ4n) is 2.00. The second kappa shape index (κ2) is 6.74. The summed E-state index contributed by atoms with van der Waals surface area (Å²) in [6.45, 7) is 11.0. The van der Waals surface area contributed by atoms with E-state index in [4.69, 9.17) is 0 Å². The highest BCUT2D eigenvalue weighted by molar-refractivity contribution is 5.81. The van der Waals surface area contributed by atoms with Crippen molar-refractivity contribution in [2.75, 3.05) is 37.4 Å². The van der Waals surface area contributed by atoms with Crippen molar-refractivity contribution in [3.63, 3.8) is 0 Å². The van der Waals surface area contributed by atoms with E-state index in [9.17, 15) is 4.79 Å². The van der Waals surface area contributed by atoms with Crippen molar-refractivity contribution in [1.29, 1.82) is 0 Å². The number of carbonyl (C=O) groups excluding carboxylic acids is 1. The van der Waals surface area contributed by atoms with Crippen molar-refractivity contribution < 1.29 is 4.79 Å². The lowest BCUT2D eigenvalue weighted by molar-refractivity contribution is -0.119. The number of nitrogens with one attached hydrogen (secondary N) is 2. The SMILES string of the molecule is CCNC(=O)CN(C)c1nc(C(C)(C)C)nc(NC)c1C. The Bertz CT molecular complexity index is 508. The van der Waals surface area contributed by atoms with Crippen molar-refractivity contribution in [2.24, 2.45) is 0 Å². The summed E-state index contributed by atoms with van der Waals surface area (Å²) in [5.41, 5.74) is 0.790. The number of nitrogens with zero attached hydrogens (tertiary/aromatic N) is 3. The molecule has 0 spiro atoms. The third kappa shape index (κ3) is 4.31. The predicted molar refractivity (Wildman–Crippen MR) is 87.0 cm³/mol. The second-order valence-electron chi connectivity index (χ2n) is 6.15. The van der Waals surface area contributed by atoms with Gasteiger partial charge in [-0.2, -0.15) is 0 Å². The topological polar surface area (TPSA) is 70.2 Å². The van der Waals surface area contributed by atoms with Gasteiger partial charge in [0.1, 0.15) is 17.5 Å². The van der Waals surface area contributed by atoms with E-state index in [1.807, 2.05) is 32.8 Å². The van der Waals surface area contributed by atoms with Gasteiger partial charge in [-0.3, -0.25) is 4.79 Å². The first-order chi connectivity index (χ1) is 9.70. The Kier molecular flexibility index (Phi) is 5.52. The molecule has 1 aromatic rings. The molecule has 118 valence electrons. The smallest absolute Gasteiger partial charge is 0.239 e. The summed E-state index contributed by atoms with van der Waals surface area (Å²) < 4.78 is 0. The number of aromatic nitrogens is 2. The van der Waals surface area contributed by atoms with Crippen LogP contribution in [0.1, 0.15) is 39.1 Å². The lowest BCUT2D eigenvalue weighted by Crippen LogP contribution is -2.36. The zero-order valence-electron chi connectivity index (χ0n) is 14.2. The second-order valence-corrected chi connectivity index (χ2v) is 6.15. The van der Waals surface area contributed by atoms with Gasteiger partial charge in [-0.15, -0.1) is 0 Å². The number of amides is 1. The minimum Gasteiger partial charge on any atom is -0.373 e. The number of anilines is 2. The molecule has 1 amide bonds. The van der Waals surface area contributed by atoms with Crippen molar-refractivity contribution in [1.82, 2.24) is 15.3 Å². The Morgan fingerprint density at radius 2 is 1.90 bits per heavy atom. The lowest BCUT2D eigenvalue weighted by atomic mass is 9.95. The van der Waals surface area contributed by atoms with E-state index in [-0.39, 0.29) is 17.9 Å². The number of rotatable bonds is 5. The van der Waals surface area contributed by atoms with E-state index in [2.05, 4.69) is 41.4 Å². The molecule has 1 rings (SSSR count). The average Bonchev–Trinajstić information content (AvgIpc) is 2.37. The highest BCUT2D eigenvalue weighted by Gasteiger charge is 2.22. The minimum absolute atomic E-state index is 0.0127. The highest BCUT2D eigenvalue weighted by atomic mass is 16.2. The molecular formula is C15H27N5O. The summed E-state index contributed by atoms with van der Waals surface area (Å²) in [7, 11) is 3.71. The van der Waals surface area contributed by atoms with E-state index < -0.39 is 0 Å². The van der Waals surface area contributed by atoms with Gasteiger partial charge in [0, 0.05) is 31.6 Å². The molecule has 0 aliphatic carbocycles. The molecular weight excluding hydrogens is 266 g/mol. The maximum absolute atomic E-state index is 11.8. The first-order valence-electron chi connectivity index (χ1n) is 7.25. The van der Waals surface area contributed by atoms with Crippen LogP contribution in [0.2, 0.25) is 0 Å². The van der Waals surface area contributed by atoms with Crippen molar-refractivity contribution in [3.8, 4) is 0 Å².